The summed E-state index contributed by atoms with van der Waals surface area (Å²) in [5.41, 5.74) is 5.80. The molecule has 0 fully saturated rings. The van der Waals surface area contributed by atoms with Crippen LogP contribution in [0.1, 0.15) is 17.3 Å². The summed E-state index contributed by atoms with van der Waals surface area (Å²) in [5, 5.41) is 11.4. The Balaban J connectivity index is 2.99. The Hall–Kier alpha value is -1.04. The maximum atomic E-state index is 11.7. The normalized spacial score (nSPS) is 12.2. The van der Waals surface area contributed by atoms with Crippen molar-refractivity contribution in [2.75, 3.05) is 12.3 Å². The van der Waals surface area contributed by atoms with Gasteiger partial charge >= 0.3 is 0 Å². The minimum atomic E-state index is -0.453. The number of rotatable bonds is 3. The van der Waals surface area contributed by atoms with E-state index in [0.29, 0.717) is 0 Å². The van der Waals surface area contributed by atoms with Crippen molar-refractivity contribution in [2.24, 2.45) is 0 Å². The predicted molar refractivity (Wildman–Crippen MR) is 62.7 cm³/mol. The Morgan fingerprint density at radius 2 is 2.31 bits per heavy atom. The molecule has 16 heavy (non-hydrogen) atoms. The van der Waals surface area contributed by atoms with Crippen LogP contribution < -0.4 is 11.1 Å². The second kappa shape index (κ2) is 5.34. The summed E-state index contributed by atoms with van der Waals surface area (Å²) in [4.78, 5) is 15.4. The largest absolute Gasteiger partial charge is 0.396 e. The number of nitrogen functional groups attached to an aromatic ring is 1. The third-order valence-corrected chi connectivity index (χ3v) is 2.36. The molecule has 0 bridgehead atoms. The molecule has 1 rings (SSSR count). The lowest BCUT2D eigenvalue weighted by Gasteiger charge is -2.12. The van der Waals surface area contributed by atoms with E-state index in [2.05, 4.69) is 10.3 Å². The van der Waals surface area contributed by atoms with Gasteiger partial charge in [-0.1, -0.05) is 23.2 Å². The van der Waals surface area contributed by atoms with Crippen LogP contribution in [0.3, 0.4) is 0 Å². The monoisotopic (exact) mass is 263 g/mol. The van der Waals surface area contributed by atoms with Gasteiger partial charge in [0.15, 0.2) is 5.15 Å². The number of aliphatic hydroxyl groups excluding tert-OH is 1. The molecule has 0 aliphatic carbocycles. The van der Waals surface area contributed by atoms with E-state index in [1.165, 1.54) is 6.07 Å². The maximum Gasteiger partial charge on any atom is 0.253 e. The lowest BCUT2D eigenvalue weighted by Crippen LogP contribution is -2.35. The molecule has 88 valence electrons. The summed E-state index contributed by atoms with van der Waals surface area (Å²) >= 11 is 11.3. The number of aliphatic hydroxyl groups is 1. The van der Waals surface area contributed by atoms with Gasteiger partial charge in [-0.05, 0) is 13.0 Å². The number of nitrogens with two attached hydrogens (primary N) is 1. The first-order valence-corrected chi connectivity index (χ1v) is 5.24. The molecule has 1 amide bonds. The number of aromatic nitrogens is 1. The van der Waals surface area contributed by atoms with Crippen molar-refractivity contribution in [3.8, 4) is 0 Å². The number of carbonyl (C=O) groups is 1. The molecule has 1 aromatic heterocycles. The molecule has 0 saturated heterocycles. The van der Waals surface area contributed by atoms with Gasteiger partial charge in [0.05, 0.1) is 17.9 Å². The zero-order valence-corrected chi connectivity index (χ0v) is 10.0. The SMILES string of the molecule is CC(CO)NC(=O)c1cc(Cl)nc(Cl)c1N. The number of amides is 1. The lowest BCUT2D eigenvalue weighted by molar-refractivity contribution is 0.0923. The van der Waals surface area contributed by atoms with Crippen LogP contribution in [0.15, 0.2) is 6.07 Å². The maximum absolute atomic E-state index is 11.7. The molecule has 1 unspecified atom stereocenters. The number of anilines is 1. The van der Waals surface area contributed by atoms with Crippen molar-refractivity contribution < 1.29 is 9.90 Å². The summed E-state index contributed by atoms with van der Waals surface area (Å²) in [5.74, 6) is -0.453. The highest BCUT2D eigenvalue weighted by Crippen LogP contribution is 2.23. The van der Waals surface area contributed by atoms with E-state index in [4.69, 9.17) is 34.0 Å². The Bertz CT molecular complexity index is 412. The second-order valence-electron chi connectivity index (χ2n) is 3.25. The van der Waals surface area contributed by atoms with Crippen molar-refractivity contribution in [2.45, 2.75) is 13.0 Å². The van der Waals surface area contributed by atoms with E-state index in [-0.39, 0.29) is 34.2 Å². The van der Waals surface area contributed by atoms with Gasteiger partial charge in [0.1, 0.15) is 5.15 Å². The number of halogens is 2. The highest BCUT2D eigenvalue weighted by molar-refractivity contribution is 6.35. The van der Waals surface area contributed by atoms with E-state index in [0.717, 1.165) is 0 Å². The van der Waals surface area contributed by atoms with Gasteiger partial charge in [0, 0.05) is 6.04 Å². The van der Waals surface area contributed by atoms with Gasteiger partial charge < -0.3 is 16.2 Å². The summed E-state index contributed by atoms with van der Waals surface area (Å²) in [7, 11) is 0. The summed E-state index contributed by atoms with van der Waals surface area (Å²) in [6.07, 6.45) is 0. The molecule has 1 heterocycles. The zero-order valence-electron chi connectivity index (χ0n) is 8.50. The van der Waals surface area contributed by atoms with Crippen molar-refractivity contribution >= 4 is 34.8 Å². The molecular weight excluding hydrogens is 253 g/mol. The molecule has 4 N–H and O–H groups in total. The smallest absolute Gasteiger partial charge is 0.253 e. The van der Waals surface area contributed by atoms with Crippen LogP contribution in [-0.4, -0.2) is 28.6 Å². The van der Waals surface area contributed by atoms with Crippen molar-refractivity contribution in [1.82, 2.24) is 10.3 Å². The molecule has 5 nitrogen and oxygen atoms in total. The van der Waals surface area contributed by atoms with Crippen molar-refractivity contribution in [3.63, 3.8) is 0 Å². The molecule has 0 aliphatic rings. The Kier molecular flexibility index (Phi) is 4.35. The standard InChI is InChI=1S/C9H11Cl2N3O2/c1-4(3-15)13-9(16)5-2-6(10)14-8(11)7(5)12/h2,4,15H,3,12H2,1H3,(H,13,16). The minimum absolute atomic E-state index is 0.0192. The average Bonchev–Trinajstić information content (AvgIpc) is 2.22. The number of pyridine rings is 1. The van der Waals surface area contributed by atoms with E-state index in [9.17, 15) is 4.79 Å². The Morgan fingerprint density at radius 1 is 1.69 bits per heavy atom. The fourth-order valence-corrected chi connectivity index (χ4v) is 1.46. The van der Waals surface area contributed by atoms with Crippen LogP contribution in [0, 0.1) is 0 Å². The second-order valence-corrected chi connectivity index (χ2v) is 4.00. The minimum Gasteiger partial charge on any atom is -0.396 e. The summed E-state index contributed by atoms with van der Waals surface area (Å²) < 4.78 is 0. The summed E-state index contributed by atoms with van der Waals surface area (Å²) in [6, 6.07) is 0.944. The number of hydrogen-bond donors (Lipinski definition) is 3. The number of nitrogens with one attached hydrogen (secondary N) is 1. The Labute approximate surface area is 103 Å². The van der Waals surface area contributed by atoms with Crippen LogP contribution in [-0.2, 0) is 0 Å². The van der Waals surface area contributed by atoms with Crippen LogP contribution in [0.2, 0.25) is 10.3 Å². The van der Waals surface area contributed by atoms with Crippen LogP contribution in [0.5, 0.6) is 0 Å². The number of hydrogen-bond acceptors (Lipinski definition) is 4. The molecule has 7 heteroatoms. The lowest BCUT2D eigenvalue weighted by atomic mass is 10.2. The van der Waals surface area contributed by atoms with E-state index < -0.39 is 5.91 Å². The highest BCUT2D eigenvalue weighted by Gasteiger charge is 2.16. The molecular formula is C9H11Cl2N3O2. The molecule has 0 aromatic carbocycles. The fraction of sp³-hybridized carbons (Fsp3) is 0.333. The average molecular weight is 264 g/mol. The molecule has 0 aliphatic heterocycles. The topological polar surface area (TPSA) is 88.2 Å². The van der Waals surface area contributed by atoms with Gasteiger partial charge in [-0.2, -0.15) is 0 Å². The van der Waals surface area contributed by atoms with Crippen molar-refractivity contribution in [1.29, 1.82) is 0 Å². The van der Waals surface area contributed by atoms with Gasteiger partial charge in [-0.15, -0.1) is 0 Å². The predicted octanol–water partition coefficient (Wildman–Crippen LogP) is 1.08. The first kappa shape index (κ1) is 13.0. The zero-order chi connectivity index (χ0) is 12.3. The van der Waals surface area contributed by atoms with E-state index in [1.54, 1.807) is 6.92 Å². The number of carbonyl (C=O) groups excluding carboxylic acids is 1. The first-order chi connectivity index (χ1) is 7.45. The van der Waals surface area contributed by atoms with Crippen LogP contribution in [0.25, 0.3) is 0 Å². The van der Waals surface area contributed by atoms with E-state index in [1.807, 2.05) is 0 Å². The van der Waals surface area contributed by atoms with Gasteiger partial charge in [0.25, 0.3) is 5.91 Å². The molecule has 0 radical (unpaired) electrons. The molecule has 1 aromatic rings. The third kappa shape index (κ3) is 2.98. The van der Waals surface area contributed by atoms with Crippen LogP contribution in [0.4, 0.5) is 5.69 Å². The van der Waals surface area contributed by atoms with Gasteiger partial charge in [-0.25, -0.2) is 4.98 Å². The third-order valence-electron chi connectivity index (χ3n) is 1.88. The number of nitrogens with zero attached hydrogens (tertiary/aromatic N) is 1. The fourth-order valence-electron chi connectivity index (χ4n) is 1.03. The van der Waals surface area contributed by atoms with Gasteiger partial charge in [0.2, 0.25) is 0 Å². The Morgan fingerprint density at radius 3 is 2.88 bits per heavy atom. The van der Waals surface area contributed by atoms with Crippen LogP contribution >= 0.6 is 23.2 Å². The molecule has 1 atom stereocenters. The van der Waals surface area contributed by atoms with Gasteiger partial charge in [-0.3, -0.25) is 4.79 Å². The first-order valence-electron chi connectivity index (χ1n) is 4.49. The van der Waals surface area contributed by atoms with Crippen molar-refractivity contribution in [3.05, 3.63) is 21.9 Å². The molecule has 0 saturated carbocycles. The van der Waals surface area contributed by atoms with E-state index >= 15 is 0 Å². The summed E-state index contributed by atoms with van der Waals surface area (Å²) in [6.45, 7) is 1.48. The highest BCUT2D eigenvalue weighted by atomic mass is 35.5. The quantitative estimate of drug-likeness (QED) is 0.713. The molecule has 0 spiro atoms.